The van der Waals surface area contributed by atoms with Crippen LogP contribution in [0.15, 0.2) is 78.9 Å². The zero-order valence-electron chi connectivity index (χ0n) is 24.7. The van der Waals surface area contributed by atoms with Crippen molar-refractivity contribution in [2.24, 2.45) is 5.41 Å². The van der Waals surface area contributed by atoms with Crippen LogP contribution in [0.3, 0.4) is 0 Å². The summed E-state index contributed by atoms with van der Waals surface area (Å²) in [4.78, 5) is 49.5. The Morgan fingerprint density at radius 2 is 1.23 bits per heavy atom. The molecule has 3 aromatic rings. The summed E-state index contributed by atoms with van der Waals surface area (Å²) in [7, 11) is 1.29. The van der Waals surface area contributed by atoms with Crippen LogP contribution in [0.2, 0.25) is 0 Å². The number of carboxylic acid groups (broad SMARTS) is 1. The first kappa shape index (κ1) is 33.4. The molecule has 0 aliphatic heterocycles. The Morgan fingerprint density at radius 3 is 1.70 bits per heavy atom. The van der Waals surface area contributed by atoms with Gasteiger partial charge in [-0.3, -0.25) is 9.59 Å². The highest BCUT2D eigenvalue weighted by molar-refractivity contribution is 6.00. The molecule has 0 fully saturated rings. The number of aliphatic carboxylic acids is 1. The van der Waals surface area contributed by atoms with Gasteiger partial charge in [-0.2, -0.15) is 0 Å². The van der Waals surface area contributed by atoms with E-state index in [1.165, 1.54) is 13.2 Å². The van der Waals surface area contributed by atoms with Gasteiger partial charge in [-0.05, 0) is 97.7 Å². The van der Waals surface area contributed by atoms with Crippen LogP contribution in [0.5, 0.6) is 0 Å². The first-order valence-electron chi connectivity index (χ1n) is 14.3. The van der Waals surface area contributed by atoms with Gasteiger partial charge in [0.1, 0.15) is 0 Å². The molecular weight excluding hydrogens is 564 g/mol. The lowest BCUT2D eigenvalue weighted by Crippen LogP contribution is -2.44. The number of carbonyl (C=O) groups excluding carboxylic acids is 3. The number of methoxy groups -OCH3 is 1. The van der Waals surface area contributed by atoms with Gasteiger partial charge in [0, 0.05) is 17.5 Å². The second-order valence-electron chi connectivity index (χ2n) is 10.4. The van der Waals surface area contributed by atoms with Gasteiger partial charge in [0.05, 0.1) is 25.9 Å². The number of benzene rings is 3. The highest BCUT2D eigenvalue weighted by Crippen LogP contribution is 2.31. The third-order valence-electron chi connectivity index (χ3n) is 7.04. The second-order valence-corrected chi connectivity index (χ2v) is 10.4. The molecule has 0 unspecified atom stereocenters. The van der Waals surface area contributed by atoms with E-state index < -0.39 is 29.3 Å². The summed E-state index contributed by atoms with van der Waals surface area (Å²) in [5.74, 6) is -3.00. The van der Waals surface area contributed by atoms with Crippen molar-refractivity contribution in [3.63, 3.8) is 0 Å². The minimum absolute atomic E-state index is 0.0634. The molecule has 0 aliphatic rings. The molecule has 0 saturated carbocycles. The number of esters is 3. The Kier molecular flexibility index (Phi) is 12.5. The number of anilines is 2. The molecule has 232 valence electrons. The topological polar surface area (TPSA) is 168 Å². The summed E-state index contributed by atoms with van der Waals surface area (Å²) in [6, 6.07) is 20.1. The number of unbranched alkanes of at least 4 members (excludes halogenated alkanes) is 3. The standard InChI is InChI=1S/C34H38N2O8/c1-42-30(37)19-12-24-6-13-27(14-7-24)31(38)43-20-4-2-3-5-21-44-33(41)34(32(39)40,22-25-8-15-28(35)16-9-25)23-26-10-17-29(36)18-11-26/h6-19H,2-5,20-23,35-36H2,1H3,(H,39,40)/b19-12+. The van der Waals surface area contributed by atoms with E-state index in [4.69, 9.17) is 20.9 Å². The molecule has 0 atom stereocenters. The highest BCUT2D eigenvalue weighted by Gasteiger charge is 2.48. The molecule has 0 spiro atoms. The number of hydrogen-bond acceptors (Lipinski definition) is 9. The van der Waals surface area contributed by atoms with Gasteiger partial charge in [-0.15, -0.1) is 0 Å². The molecule has 3 rings (SSSR count). The zero-order chi connectivity index (χ0) is 32.0. The van der Waals surface area contributed by atoms with Gasteiger partial charge in [-0.1, -0.05) is 36.4 Å². The number of rotatable bonds is 16. The van der Waals surface area contributed by atoms with Crippen molar-refractivity contribution in [2.45, 2.75) is 38.5 Å². The first-order valence-corrected chi connectivity index (χ1v) is 14.3. The Bertz CT molecular complexity index is 1380. The summed E-state index contributed by atoms with van der Waals surface area (Å²) >= 11 is 0. The highest BCUT2D eigenvalue weighted by atomic mass is 16.5. The predicted octanol–water partition coefficient (Wildman–Crippen LogP) is 4.85. The fraction of sp³-hybridized carbons (Fsp3) is 0.294. The molecule has 0 aromatic heterocycles. The Morgan fingerprint density at radius 1 is 0.727 bits per heavy atom. The molecule has 0 aliphatic carbocycles. The van der Waals surface area contributed by atoms with E-state index in [2.05, 4.69) is 4.74 Å². The van der Waals surface area contributed by atoms with Crippen molar-refractivity contribution in [3.8, 4) is 0 Å². The minimum atomic E-state index is -1.84. The molecule has 0 heterocycles. The van der Waals surface area contributed by atoms with E-state index in [0.29, 0.717) is 47.3 Å². The molecule has 0 amide bonds. The number of hydrogen-bond donors (Lipinski definition) is 3. The first-order chi connectivity index (χ1) is 21.1. The van der Waals surface area contributed by atoms with Crippen LogP contribution in [-0.2, 0) is 41.4 Å². The van der Waals surface area contributed by atoms with Crippen LogP contribution in [0.4, 0.5) is 11.4 Å². The number of nitrogens with two attached hydrogens (primary N) is 2. The molecule has 5 N–H and O–H groups in total. The molecule has 0 radical (unpaired) electrons. The average molecular weight is 603 g/mol. The summed E-state index contributed by atoms with van der Waals surface area (Å²) in [6.45, 7) is 0.293. The molecule has 3 aromatic carbocycles. The van der Waals surface area contributed by atoms with E-state index >= 15 is 0 Å². The summed E-state index contributed by atoms with van der Waals surface area (Å²) in [6.07, 6.45) is 5.31. The summed E-state index contributed by atoms with van der Waals surface area (Å²) in [5, 5.41) is 10.3. The van der Waals surface area contributed by atoms with Crippen molar-refractivity contribution in [2.75, 3.05) is 31.8 Å². The Labute approximate surface area is 256 Å². The van der Waals surface area contributed by atoms with Crippen LogP contribution < -0.4 is 11.5 Å². The van der Waals surface area contributed by atoms with Crippen LogP contribution >= 0.6 is 0 Å². The monoisotopic (exact) mass is 602 g/mol. The van der Waals surface area contributed by atoms with Crippen molar-refractivity contribution >= 4 is 41.3 Å². The normalized spacial score (nSPS) is 11.2. The van der Waals surface area contributed by atoms with Crippen molar-refractivity contribution in [1.29, 1.82) is 0 Å². The van der Waals surface area contributed by atoms with Gasteiger partial charge >= 0.3 is 23.9 Å². The van der Waals surface area contributed by atoms with E-state index in [1.54, 1.807) is 78.9 Å². The third kappa shape index (κ3) is 10.0. The number of nitrogen functional groups attached to an aromatic ring is 2. The van der Waals surface area contributed by atoms with Crippen LogP contribution in [0, 0.1) is 5.41 Å². The van der Waals surface area contributed by atoms with Gasteiger partial charge in [0.2, 0.25) is 0 Å². The molecule has 0 bridgehead atoms. The lowest BCUT2D eigenvalue weighted by Gasteiger charge is -2.28. The van der Waals surface area contributed by atoms with E-state index in [0.717, 1.165) is 12.0 Å². The van der Waals surface area contributed by atoms with Crippen LogP contribution in [0.1, 0.15) is 52.7 Å². The summed E-state index contributed by atoms with van der Waals surface area (Å²) < 4.78 is 15.4. The maximum atomic E-state index is 13.4. The summed E-state index contributed by atoms with van der Waals surface area (Å²) in [5.41, 5.74) is 13.2. The Hall–Kier alpha value is -5.12. The third-order valence-corrected chi connectivity index (χ3v) is 7.04. The largest absolute Gasteiger partial charge is 0.480 e. The van der Waals surface area contributed by atoms with Crippen LogP contribution in [-0.4, -0.2) is 49.3 Å². The van der Waals surface area contributed by atoms with Crippen molar-refractivity contribution in [1.82, 2.24) is 0 Å². The van der Waals surface area contributed by atoms with Crippen molar-refractivity contribution < 1.29 is 38.5 Å². The molecular formula is C34H38N2O8. The predicted molar refractivity (Wildman–Crippen MR) is 166 cm³/mol. The quantitative estimate of drug-likeness (QED) is 0.0514. The zero-order valence-corrected chi connectivity index (χ0v) is 24.7. The minimum Gasteiger partial charge on any atom is -0.480 e. The Balaban J connectivity index is 1.47. The molecule has 0 saturated heterocycles. The molecule has 44 heavy (non-hydrogen) atoms. The maximum absolute atomic E-state index is 13.4. The van der Waals surface area contributed by atoms with Gasteiger partial charge < -0.3 is 30.8 Å². The van der Waals surface area contributed by atoms with E-state index in [-0.39, 0.29) is 26.1 Å². The fourth-order valence-corrected chi connectivity index (χ4v) is 4.48. The maximum Gasteiger partial charge on any atom is 0.338 e. The molecule has 10 nitrogen and oxygen atoms in total. The average Bonchev–Trinajstić information content (AvgIpc) is 3.02. The fourth-order valence-electron chi connectivity index (χ4n) is 4.48. The SMILES string of the molecule is COC(=O)/C=C/c1ccc(C(=O)OCCCCCCOC(=O)C(Cc2ccc(N)cc2)(Cc2ccc(N)cc2)C(=O)O)cc1. The number of ether oxygens (including phenoxy) is 3. The lowest BCUT2D eigenvalue weighted by atomic mass is 9.76. The van der Waals surface area contributed by atoms with Crippen molar-refractivity contribution in [3.05, 3.63) is 101 Å². The smallest absolute Gasteiger partial charge is 0.338 e. The number of carbonyl (C=O) groups is 4. The van der Waals surface area contributed by atoms with Gasteiger partial charge in [0.25, 0.3) is 0 Å². The van der Waals surface area contributed by atoms with E-state index in [1.807, 2.05) is 0 Å². The van der Waals surface area contributed by atoms with E-state index in [9.17, 15) is 24.3 Å². The van der Waals surface area contributed by atoms with Gasteiger partial charge in [-0.25, -0.2) is 9.59 Å². The number of carboxylic acids is 1. The lowest BCUT2D eigenvalue weighted by molar-refractivity contribution is -0.169. The molecule has 10 heteroatoms. The van der Waals surface area contributed by atoms with Crippen LogP contribution in [0.25, 0.3) is 6.08 Å². The second kappa shape index (κ2) is 16.5. The van der Waals surface area contributed by atoms with Gasteiger partial charge in [0.15, 0.2) is 5.41 Å².